The van der Waals surface area contributed by atoms with Crippen LogP contribution in [0.15, 0.2) is 54.9 Å². The number of benzene rings is 2. The number of imidazole rings is 1. The summed E-state index contributed by atoms with van der Waals surface area (Å²) < 4.78 is 1.57. The van der Waals surface area contributed by atoms with Crippen molar-refractivity contribution in [2.75, 3.05) is 23.3 Å². The highest BCUT2D eigenvalue weighted by atomic mass is 16.6. The lowest BCUT2D eigenvalue weighted by Gasteiger charge is -2.32. The van der Waals surface area contributed by atoms with E-state index in [1.165, 1.54) is 18.3 Å². The number of aromatic nitrogens is 2. The van der Waals surface area contributed by atoms with Gasteiger partial charge < -0.3 is 20.5 Å². The highest BCUT2D eigenvalue weighted by Crippen LogP contribution is 2.31. The Morgan fingerprint density at radius 3 is 2.42 bits per heavy atom. The Balaban J connectivity index is 1.49. The van der Waals surface area contributed by atoms with Crippen LogP contribution in [0.2, 0.25) is 0 Å². The van der Waals surface area contributed by atoms with Gasteiger partial charge in [0.05, 0.1) is 4.92 Å². The lowest BCUT2D eigenvalue weighted by atomic mass is 9.96. The second-order valence-corrected chi connectivity index (χ2v) is 8.02. The fraction of sp³-hybridized carbons (Fsp3) is 0.261. The molecule has 33 heavy (non-hydrogen) atoms. The molecule has 0 radical (unpaired) electrons. The van der Waals surface area contributed by atoms with Crippen molar-refractivity contribution in [3.8, 4) is 0 Å². The SMILES string of the molecule is Cn1ccnc1C(=O)c1ccc(Nc2ccc(N3CCC(C(N)=O)CC3)cc2)c([N+](=O)[O-])c1. The van der Waals surface area contributed by atoms with Gasteiger partial charge in [-0.15, -0.1) is 0 Å². The van der Waals surface area contributed by atoms with Crippen molar-refractivity contribution in [3.05, 3.63) is 76.4 Å². The number of amides is 1. The van der Waals surface area contributed by atoms with E-state index in [2.05, 4.69) is 15.2 Å². The molecule has 1 amide bonds. The average Bonchev–Trinajstić information content (AvgIpc) is 3.25. The first-order valence-corrected chi connectivity index (χ1v) is 10.6. The summed E-state index contributed by atoms with van der Waals surface area (Å²) in [4.78, 5) is 41.4. The molecule has 10 nitrogen and oxygen atoms in total. The van der Waals surface area contributed by atoms with Crippen molar-refractivity contribution in [2.24, 2.45) is 18.7 Å². The van der Waals surface area contributed by atoms with E-state index in [1.807, 2.05) is 24.3 Å². The maximum atomic E-state index is 12.7. The molecule has 4 rings (SSSR count). The highest BCUT2D eigenvalue weighted by molar-refractivity contribution is 6.07. The van der Waals surface area contributed by atoms with Gasteiger partial charge in [-0.25, -0.2) is 4.98 Å². The van der Waals surface area contributed by atoms with Crippen LogP contribution in [-0.4, -0.2) is 39.3 Å². The van der Waals surface area contributed by atoms with Crippen molar-refractivity contribution >= 4 is 34.4 Å². The third-order valence-corrected chi connectivity index (χ3v) is 5.89. The first kappa shape index (κ1) is 22.0. The molecule has 0 aliphatic carbocycles. The van der Waals surface area contributed by atoms with Crippen molar-refractivity contribution in [1.29, 1.82) is 0 Å². The van der Waals surface area contributed by atoms with Gasteiger partial charge in [-0.1, -0.05) is 0 Å². The van der Waals surface area contributed by atoms with Crippen molar-refractivity contribution in [2.45, 2.75) is 12.8 Å². The van der Waals surface area contributed by atoms with Crippen molar-refractivity contribution in [1.82, 2.24) is 9.55 Å². The van der Waals surface area contributed by atoms with E-state index in [-0.39, 0.29) is 40.4 Å². The van der Waals surface area contributed by atoms with Gasteiger partial charge in [0.1, 0.15) is 5.69 Å². The first-order chi connectivity index (χ1) is 15.8. The van der Waals surface area contributed by atoms with Crippen LogP contribution in [0.4, 0.5) is 22.7 Å². The molecule has 0 bridgehead atoms. The Kier molecular flexibility index (Phi) is 6.07. The molecule has 1 aliphatic rings. The van der Waals surface area contributed by atoms with E-state index in [9.17, 15) is 19.7 Å². The molecule has 0 spiro atoms. The number of nitro benzene ring substituents is 1. The quantitative estimate of drug-likeness (QED) is 0.322. The van der Waals surface area contributed by atoms with Crippen LogP contribution in [0, 0.1) is 16.0 Å². The molecule has 1 saturated heterocycles. The van der Waals surface area contributed by atoms with Crippen LogP contribution >= 0.6 is 0 Å². The number of nitro groups is 1. The summed E-state index contributed by atoms with van der Waals surface area (Å²) in [5, 5.41) is 14.7. The maximum absolute atomic E-state index is 12.7. The smallest absolute Gasteiger partial charge is 0.293 e. The zero-order valence-corrected chi connectivity index (χ0v) is 18.1. The van der Waals surface area contributed by atoms with E-state index in [1.54, 1.807) is 23.9 Å². The Morgan fingerprint density at radius 2 is 1.85 bits per heavy atom. The number of primary amides is 1. The van der Waals surface area contributed by atoms with Gasteiger partial charge in [-0.3, -0.25) is 19.7 Å². The molecular formula is C23H24N6O4. The van der Waals surface area contributed by atoms with E-state index >= 15 is 0 Å². The second-order valence-electron chi connectivity index (χ2n) is 8.02. The molecule has 0 saturated carbocycles. The lowest BCUT2D eigenvalue weighted by Crippen LogP contribution is -2.38. The lowest BCUT2D eigenvalue weighted by molar-refractivity contribution is -0.383. The molecule has 1 aromatic heterocycles. The molecule has 1 aliphatic heterocycles. The largest absolute Gasteiger partial charge is 0.371 e. The number of hydrogen-bond donors (Lipinski definition) is 2. The number of aryl methyl sites for hydroxylation is 1. The number of nitrogens with two attached hydrogens (primary N) is 1. The zero-order chi connectivity index (χ0) is 23.5. The summed E-state index contributed by atoms with van der Waals surface area (Å²) >= 11 is 0. The van der Waals surface area contributed by atoms with E-state index in [4.69, 9.17) is 5.73 Å². The number of rotatable bonds is 7. The molecule has 0 unspecified atom stereocenters. The van der Waals surface area contributed by atoms with Crippen LogP contribution in [-0.2, 0) is 11.8 Å². The minimum atomic E-state index is -0.519. The van der Waals surface area contributed by atoms with E-state index in [0.717, 1.165) is 31.6 Å². The number of carbonyl (C=O) groups is 2. The highest BCUT2D eigenvalue weighted by Gasteiger charge is 2.24. The topological polar surface area (TPSA) is 136 Å². The monoisotopic (exact) mass is 448 g/mol. The molecule has 1 fully saturated rings. The van der Waals surface area contributed by atoms with Gasteiger partial charge in [0.15, 0.2) is 5.82 Å². The number of piperidine rings is 1. The van der Waals surface area contributed by atoms with Crippen LogP contribution in [0.3, 0.4) is 0 Å². The summed E-state index contributed by atoms with van der Waals surface area (Å²) in [7, 11) is 1.69. The molecule has 3 N–H and O–H groups in total. The molecular weight excluding hydrogens is 424 g/mol. The summed E-state index contributed by atoms with van der Waals surface area (Å²) in [6, 6.07) is 11.9. The second kappa shape index (κ2) is 9.11. The minimum absolute atomic E-state index is 0.0741. The number of anilines is 3. The Morgan fingerprint density at radius 1 is 1.15 bits per heavy atom. The summed E-state index contributed by atoms with van der Waals surface area (Å²) in [5.41, 5.74) is 7.36. The summed E-state index contributed by atoms with van der Waals surface area (Å²) in [6.45, 7) is 1.49. The van der Waals surface area contributed by atoms with Crippen molar-refractivity contribution in [3.63, 3.8) is 0 Å². The standard InChI is InChI=1S/C23H24N6O4/c1-27-13-10-25-23(27)21(30)16-2-7-19(20(14-16)29(32)33)26-17-3-5-18(6-4-17)28-11-8-15(9-12-28)22(24)31/h2-7,10,13-15,26H,8-9,11-12H2,1H3,(H2,24,31). The number of nitrogens with one attached hydrogen (secondary N) is 1. The number of nitrogens with zero attached hydrogens (tertiary/aromatic N) is 4. The Hall–Kier alpha value is -4.21. The normalized spacial score (nSPS) is 14.2. The number of hydrogen-bond acceptors (Lipinski definition) is 7. The van der Waals surface area contributed by atoms with E-state index in [0.29, 0.717) is 5.69 Å². The predicted octanol–water partition coefficient (Wildman–Crippen LogP) is 3.00. The third-order valence-electron chi connectivity index (χ3n) is 5.89. The van der Waals surface area contributed by atoms with Gasteiger partial charge >= 0.3 is 0 Å². The van der Waals surface area contributed by atoms with E-state index < -0.39 is 4.92 Å². The van der Waals surface area contributed by atoms with Gasteiger partial charge in [-0.2, -0.15) is 0 Å². The van der Waals surface area contributed by atoms with Crippen LogP contribution < -0.4 is 16.0 Å². The molecule has 2 aromatic carbocycles. The average molecular weight is 448 g/mol. The van der Waals surface area contributed by atoms with Gasteiger partial charge in [-0.05, 0) is 49.2 Å². The third kappa shape index (κ3) is 4.69. The number of carbonyl (C=O) groups excluding carboxylic acids is 2. The molecule has 170 valence electrons. The molecule has 2 heterocycles. The molecule has 3 aromatic rings. The fourth-order valence-corrected chi connectivity index (χ4v) is 3.98. The minimum Gasteiger partial charge on any atom is -0.371 e. The van der Waals surface area contributed by atoms with Gasteiger partial charge in [0.25, 0.3) is 5.69 Å². The Bertz CT molecular complexity index is 1200. The first-order valence-electron chi connectivity index (χ1n) is 10.6. The maximum Gasteiger partial charge on any atom is 0.293 e. The summed E-state index contributed by atoms with van der Waals surface area (Å²) in [5.74, 6) is -0.500. The van der Waals surface area contributed by atoms with Crippen LogP contribution in [0.25, 0.3) is 0 Å². The molecule has 0 atom stereocenters. The zero-order valence-electron chi connectivity index (χ0n) is 18.1. The van der Waals surface area contributed by atoms with Crippen molar-refractivity contribution < 1.29 is 14.5 Å². The molecule has 10 heteroatoms. The predicted molar refractivity (Wildman–Crippen MR) is 124 cm³/mol. The number of ketones is 1. The van der Waals surface area contributed by atoms with Crippen LogP contribution in [0.5, 0.6) is 0 Å². The van der Waals surface area contributed by atoms with Gasteiger partial charge in [0, 0.05) is 61.5 Å². The van der Waals surface area contributed by atoms with Gasteiger partial charge in [0.2, 0.25) is 11.7 Å². The Labute approximate surface area is 190 Å². The van der Waals surface area contributed by atoms with Crippen LogP contribution in [0.1, 0.15) is 29.0 Å². The fourth-order valence-electron chi connectivity index (χ4n) is 3.98. The summed E-state index contributed by atoms with van der Waals surface area (Å²) in [6.07, 6.45) is 4.60.